The monoisotopic (exact) mass is 436 g/mol. The summed E-state index contributed by atoms with van der Waals surface area (Å²) in [5, 5.41) is 0. The summed E-state index contributed by atoms with van der Waals surface area (Å²) < 4.78 is 60.8. The summed E-state index contributed by atoms with van der Waals surface area (Å²) in [6.07, 6.45) is 1.11. The van der Waals surface area contributed by atoms with Gasteiger partial charge in [0.15, 0.2) is 0 Å². The second-order valence-electron chi connectivity index (χ2n) is 7.41. The summed E-state index contributed by atoms with van der Waals surface area (Å²) in [5.41, 5.74) is 2.71. The van der Waals surface area contributed by atoms with Gasteiger partial charge in [-0.2, -0.15) is 13.2 Å². The second kappa shape index (κ2) is 8.18. The van der Waals surface area contributed by atoms with Crippen LogP contribution in [0.25, 0.3) is 0 Å². The van der Waals surface area contributed by atoms with Crippen LogP contribution < -0.4 is 9.46 Å². The molecule has 0 radical (unpaired) electrons. The Hall–Kier alpha value is -2.74. The van der Waals surface area contributed by atoms with Gasteiger partial charge >= 0.3 is 6.18 Å². The minimum Gasteiger partial charge on any atom is -0.456 e. The Labute approximate surface area is 174 Å². The molecule has 1 aromatic heterocycles. The number of hydrogen-bond acceptors (Lipinski definition) is 3. The molecule has 1 N–H and O–H groups in total. The number of nitrogens with one attached hydrogen (secondary N) is 1. The second-order valence-corrected chi connectivity index (χ2v) is 9.40. The molecule has 0 fully saturated rings. The lowest BCUT2D eigenvalue weighted by molar-refractivity contribution is -0.160. The summed E-state index contributed by atoms with van der Waals surface area (Å²) in [6.45, 7) is 5.29. The maximum absolute atomic E-state index is 13.2. The molecule has 30 heavy (non-hydrogen) atoms. The molecule has 1 aliphatic rings. The Bertz CT molecular complexity index is 1120. The molecule has 2 unspecified atom stereocenters. The highest BCUT2D eigenvalue weighted by Gasteiger charge is 2.39. The molecule has 1 heterocycles. The molecule has 8 heteroatoms. The number of benzene rings is 1. The molecule has 2 aromatic rings. The number of aromatic nitrogens is 1. The van der Waals surface area contributed by atoms with E-state index in [2.05, 4.69) is 15.6 Å². The highest BCUT2D eigenvalue weighted by atomic mass is 32.2. The Balaban J connectivity index is 1.78. The zero-order valence-electron chi connectivity index (χ0n) is 16.9. The largest absolute Gasteiger partial charge is 0.456 e. The first-order valence-electron chi connectivity index (χ1n) is 9.25. The van der Waals surface area contributed by atoms with Gasteiger partial charge in [0.25, 0.3) is 0 Å². The van der Waals surface area contributed by atoms with Gasteiger partial charge in [0, 0.05) is 16.8 Å². The normalized spacial score (nSPS) is 18.8. The summed E-state index contributed by atoms with van der Waals surface area (Å²) >= 11 is 0. The van der Waals surface area contributed by atoms with E-state index in [9.17, 15) is 17.4 Å². The van der Waals surface area contributed by atoms with Gasteiger partial charge in [-0.3, -0.25) is 4.98 Å². The van der Waals surface area contributed by atoms with Crippen molar-refractivity contribution >= 4 is 21.3 Å². The van der Waals surface area contributed by atoms with Crippen LogP contribution in [0.4, 0.5) is 18.9 Å². The summed E-state index contributed by atoms with van der Waals surface area (Å²) in [5.74, 6) is 3.38. The van der Waals surface area contributed by atoms with E-state index in [4.69, 9.17) is 4.74 Å². The Morgan fingerprint density at radius 3 is 2.50 bits per heavy atom. The number of aryl methyl sites for hydroxylation is 2. The molecule has 0 amide bonds. The zero-order valence-corrected chi connectivity index (χ0v) is 17.7. The molecule has 0 saturated heterocycles. The van der Waals surface area contributed by atoms with Gasteiger partial charge in [-0.25, -0.2) is 4.21 Å². The third-order valence-corrected chi connectivity index (χ3v) is 6.51. The maximum Gasteiger partial charge on any atom is 0.395 e. The fourth-order valence-electron chi connectivity index (χ4n) is 3.23. The SMILES string of the molecule is C=S(=O)(Nc1ccc(Oc2cncc(C)c2)cc1C)C1=C(C)CC(C(F)(F)F)C=C1. The Kier molecular flexibility index (Phi) is 5.99. The number of ether oxygens (including phenoxy) is 1. The highest BCUT2D eigenvalue weighted by molar-refractivity contribution is 8.05. The van der Waals surface area contributed by atoms with Gasteiger partial charge in [-0.05, 0) is 74.5 Å². The van der Waals surface area contributed by atoms with E-state index >= 15 is 0 Å². The van der Waals surface area contributed by atoms with Crippen molar-refractivity contribution in [3.63, 3.8) is 0 Å². The molecule has 160 valence electrons. The van der Waals surface area contributed by atoms with E-state index in [-0.39, 0.29) is 6.42 Å². The van der Waals surface area contributed by atoms with Gasteiger partial charge < -0.3 is 9.46 Å². The van der Waals surface area contributed by atoms with E-state index in [1.807, 2.05) is 19.9 Å². The molecule has 1 aliphatic carbocycles. The topological polar surface area (TPSA) is 51.2 Å². The lowest BCUT2D eigenvalue weighted by Crippen LogP contribution is -2.25. The Morgan fingerprint density at radius 2 is 1.90 bits per heavy atom. The molecule has 1 aromatic carbocycles. The van der Waals surface area contributed by atoms with Crippen molar-refractivity contribution in [2.24, 2.45) is 5.92 Å². The van der Waals surface area contributed by atoms with E-state index in [1.165, 1.54) is 6.08 Å². The molecular weight excluding hydrogens is 413 g/mol. The van der Waals surface area contributed by atoms with E-state index in [0.29, 0.717) is 27.7 Å². The lowest BCUT2D eigenvalue weighted by Gasteiger charge is -2.25. The standard InChI is InChI=1S/C22H23F3N2O2S/c1-14-9-19(13-26-12-14)29-18-6-7-20(15(2)11-18)27-30(4,28)21-8-5-17(10-16(21)3)22(23,24)25/h5-9,11-13,17H,4,10H2,1-3H3,(H,27,28). The molecule has 0 saturated carbocycles. The quantitative estimate of drug-likeness (QED) is 0.590. The van der Waals surface area contributed by atoms with Crippen molar-refractivity contribution in [1.82, 2.24) is 4.98 Å². The lowest BCUT2D eigenvalue weighted by atomic mass is 9.95. The van der Waals surface area contributed by atoms with Gasteiger partial charge in [0.05, 0.1) is 21.8 Å². The number of nitrogens with zero attached hydrogens (tertiary/aromatic N) is 1. The number of hydrogen-bond donors (Lipinski definition) is 1. The summed E-state index contributed by atoms with van der Waals surface area (Å²) in [7, 11) is -3.03. The molecule has 2 atom stereocenters. The predicted octanol–water partition coefficient (Wildman–Crippen LogP) is 5.95. The molecule has 0 spiro atoms. The van der Waals surface area contributed by atoms with Crippen LogP contribution in [0.15, 0.2) is 59.3 Å². The fourth-order valence-corrected chi connectivity index (χ4v) is 4.87. The maximum atomic E-state index is 13.2. The molecule has 3 rings (SSSR count). The average Bonchev–Trinajstić information content (AvgIpc) is 2.63. The highest BCUT2D eigenvalue weighted by Crippen LogP contribution is 2.37. The first-order valence-corrected chi connectivity index (χ1v) is 11.0. The number of allylic oxidation sites excluding steroid dienone is 3. The molecule has 4 nitrogen and oxygen atoms in total. The molecule has 0 aliphatic heterocycles. The number of rotatable bonds is 5. The van der Waals surface area contributed by atoms with Crippen LogP contribution in [0.1, 0.15) is 24.5 Å². The van der Waals surface area contributed by atoms with Crippen molar-refractivity contribution < 1.29 is 22.1 Å². The van der Waals surface area contributed by atoms with Crippen molar-refractivity contribution in [3.8, 4) is 11.5 Å². The van der Waals surface area contributed by atoms with Crippen LogP contribution in [0, 0.1) is 19.8 Å². The van der Waals surface area contributed by atoms with Crippen LogP contribution in [0.2, 0.25) is 0 Å². The third kappa shape index (κ3) is 5.05. The summed E-state index contributed by atoms with van der Waals surface area (Å²) in [4.78, 5) is 4.38. The first-order chi connectivity index (χ1) is 14.0. The third-order valence-electron chi connectivity index (χ3n) is 4.76. The van der Waals surface area contributed by atoms with Crippen molar-refractivity contribution in [2.75, 3.05) is 4.72 Å². The van der Waals surface area contributed by atoms with Crippen LogP contribution >= 0.6 is 0 Å². The van der Waals surface area contributed by atoms with Crippen LogP contribution in [0.5, 0.6) is 11.5 Å². The number of alkyl halides is 3. The number of anilines is 1. The van der Waals surface area contributed by atoms with Gasteiger partial charge in [0.1, 0.15) is 11.5 Å². The fraction of sp³-hybridized carbons (Fsp3) is 0.273. The first kappa shape index (κ1) is 22.0. The minimum atomic E-state index is -4.32. The van der Waals surface area contributed by atoms with E-state index in [1.54, 1.807) is 37.5 Å². The van der Waals surface area contributed by atoms with Crippen molar-refractivity contribution in [2.45, 2.75) is 33.4 Å². The van der Waals surface area contributed by atoms with Crippen molar-refractivity contribution in [1.29, 1.82) is 0 Å². The zero-order chi connectivity index (χ0) is 22.1. The van der Waals surface area contributed by atoms with Crippen molar-refractivity contribution in [3.05, 3.63) is 70.4 Å². The van der Waals surface area contributed by atoms with E-state index < -0.39 is 21.8 Å². The molecule has 0 bridgehead atoms. The van der Waals surface area contributed by atoms with Gasteiger partial charge in [-0.1, -0.05) is 11.6 Å². The van der Waals surface area contributed by atoms with Gasteiger partial charge in [0.2, 0.25) is 0 Å². The predicted molar refractivity (Wildman–Crippen MR) is 115 cm³/mol. The average molecular weight is 436 g/mol. The van der Waals surface area contributed by atoms with E-state index in [0.717, 1.165) is 17.2 Å². The van der Waals surface area contributed by atoms with Gasteiger partial charge in [-0.15, -0.1) is 0 Å². The summed E-state index contributed by atoms with van der Waals surface area (Å²) in [6, 6.07) is 7.05. The molecular formula is C22H23F3N2O2S. The minimum absolute atomic E-state index is 0.222. The number of pyridine rings is 1. The van der Waals surface area contributed by atoms with Crippen LogP contribution in [-0.2, 0) is 9.71 Å². The number of halogens is 3. The Morgan fingerprint density at radius 1 is 1.17 bits per heavy atom. The smallest absolute Gasteiger partial charge is 0.395 e. The van der Waals surface area contributed by atoms with Crippen LogP contribution in [-0.4, -0.2) is 21.2 Å². The van der Waals surface area contributed by atoms with Crippen LogP contribution in [0.3, 0.4) is 0 Å².